The molecule has 414 valence electrons. The Morgan fingerprint density at radius 1 is 0.230 bits per heavy atom. The Kier molecular flexibility index (Phi) is 12.2. The van der Waals surface area contributed by atoms with Gasteiger partial charge in [0.05, 0.1) is 11.0 Å². The van der Waals surface area contributed by atoms with Gasteiger partial charge in [-0.2, -0.15) is 0 Å². The van der Waals surface area contributed by atoms with Crippen molar-refractivity contribution in [2.24, 2.45) is 0 Å². The minimum atomic E-state index is -0.141. The van der Waals surface area contributed by atoms with E-state index in [2.05, 4.69) is 351 Å². The fourth-order valence-corrected chi connectivity index (χ4v) is 14.4. The largest absolute Gasteiger partial charge is 0.310 e. The third-order valence-corrected chi connectivity index (χ3v) is 18.8. The second-order valence-corrected chi connectivity index (χ2v) is 24.5. The molecule has 3 heteroatoms. The number of hydrogen-bond donors (Lipinski definition) is 0. The van der Waals surface area contributed by atoms with Crippen LogP contribution in [0.5, 0.6) is 0 Å². The Labute approximate surface area is 510 Å². The quantitative estimate of drug-likeness (QED) is 0.128. The minimum Gasteiger partial charge on any atom is -0.310 e. The molecule has 2 aliphatic rings. The molecule has 87 heavy (non-hydrogen) atoms. The summed E-state index contributed by atoms with van der Waals surface area (Å²) in [6.45, 7) is 9.45. The fourth-order valence-electron chi connectivity index (χ4n) is 14.4. The second kappa shape index (κ2) is 20.5. The molecule has 0 aliphatic heterocycles. The Balaban J connectivity index is 0.818. The first-order valence-corrected chi connectivity index (χ1v) is 30.4. The maximum atomic E-state index is 2.45. The Morgan fingerprint density at radius 3 is 0.920 bits per heavy atom. The van der Waals surface area contributed by atoms with Gasteiger partial charge in [-0.05, 0) is 186 Å². The van der Waals surface area contributed by atoms with Crippen molar-refractivity contribution in [1.29, 1.82) is 0 Å². The number of rotatable bonds is 11. The van der Waals surface area contributed by atoms with E-state index in [-0.39, 0.29) is 10.8 Å². The topological polar surface area (TPSA) is 11.4 Å². The summed E-state index contributed by atoms with van der Waals surface area (Å²) in [4.78, 5) is 4.85. The third kappa shape index (κ3) is 8.56. The zero-order chi connectivity index (χ0) is 58.4. The average molecular weight is 1110 g/mol. The molecule has 0 N–H and O–H groups in total. The third-order valence-electron chi connectivity index (χ3n) is 18.8. The van der Waals surface area contributed by atoms with Gasteiger partial charge >= 0.3 is 0 Å². The molecule has 0 bridgehead atoms. The van der Waals surface area contributed by atoms with Crippen LogP contribution in [0.2, 0.25) is 0 Å². The highest BCUT2D eigenvalue weighted by Gasteiger charge is 2.37. The van der Waals surface area contributed by atoms with Crippen LogP contribution in [0.4, 0.5) is 34.1 Å². The highest BCUT2D eigenvalue weighted by atomic mass is 15.1. The first-order valence-electron chi connectivity index (χ1n) is 30.4. The van der Waals surface area contributed by atoms with Crippen LogP contribution >= 0.6 is 0 Å². The van der Waals surface area contributed by atoms with E-state index in [0.29, 0.717) is 0 Å². The lowest BCUT2D eigenvalue weighted by molar-refractivity contribution is 0.660. The average Bonchev–Trinajstić information content (AvgIpc) is 1.75. The summed E-state index contributed by atoms with van der Waals surface area (Å²) >= 11 is 0. The number of para-hydroxylation sites is 1. The summed E-state index contributed by atoms with van der Waals surface area (Å²) in [5, 5.41) is 2.44. The van der Waals surface area contributed by atoms with E-state index in [1.807, 2.05) is 0 Å². The molecule has 0 saturated heterocycles. The van der Waals surface area contributed by atoms with Crippen LogP contribution in [0.3, 0.4) is 0 Å². The van der Waals surface area contributed by atoms with Crippen molar-refractivity contribution in [3.05, 3.63) is 332 Å². The predicted molar refractivity (Wildman–Crippen MR) is 367 cm³/mol. The van der Waals surface area contributed by atoms with Crippen molar-refractivity contribution in [3.8, 4) is 72.4 Å². The van der Waals surface area contributed by atoms with Crippen LogP contribution in [0, 0.1) is 0 Å². The van der Waals surface area contributed by atoms with Gasteiger partial charge in [0.1, 0.15) is 0 Å². The van der Waals surface area contributed by atoms with Crippen molar-refractivity contribution >= 4 is 55.9 Å². The molecule has 0 fully saturated rings. The summed E-state index contributed by atoms with van der Waals surface area (Å²) in [6, 6.07) is 114. The molecule has 1 heterocycles. The highest BCUT2D eigenvalue weighted by Crippen LogP contribution is 2.53. The fraction of sp³-hybridized carbons (Fsp3) is 0.0714. The molecule has 0 atom stereocenters. The zero-order valence-corrected chi connectivity index (χ0v) is 49.3. The second-order valence-electron chi connectivity index (χ2n) is 24.5. The van der Waals surface area contributed by atoms with Gasteiger partial charge in [0.15, 0.2) is 0 Å². The van der Waals surface area contributed by atoms with Crippen molar-refractivity contribution in [2.45, 2.75) is 38.5 Å². The highest BCUT2D eigenvalue weighted by molar-refractivity contribution is 6.21. The zero-order valence-electron chi connectivity index (χ0n) is 49.3. The molecular formula is C84H63N3. The van der Waals surface area contributed by atoms with Crippen LogP contribution in [-0.2, 0) is 10.8 Å². The van der Waals surface area contributed by atoms with Gasteiger partial charge in [-0.3, -0.25) is 0 Å². The maximum Gasteiger partial charge on any atom is 0.0547 e. The molecule has 0 amide bonds. The number of fused-ring (bicyclic) bond motifs is 9. The lowest BCUT2D eigenvalue weighted by Gasteiger charge is -2.28. The van der Waals surface area contributed by atoms with Crippen LogP contribution in [0.25, 0.3) is 94.3 Å². The number of nitrogens with zero attached hydrogens (tertiary/aromatic N) is 3. The summed E-state index contributed by atoms with van der Waals surface area (Å²) in [6.07, 6.45) is 0. The lowest BCUT2D eigenvalue weighted by Crippen LogP contribution is -2.16. The molecule has 1 aromatic heterocycles. The molecule has 14 aromatic rings. The molecule has 16 rings (SSSR count). The van der Waals surface area contributed by atoms with E-state index >= 15 is 0 Å². The van der Waals surface area contributed by atoms with Gasteiger partial charge in [0.2, 0.25) is 0 Å². The molecule has 13 aromatic carbocycles. The van der Waals surface area contributed by atoms with Gasteiger partial charge in [-0.25, -0.2) is 0 Å². The van der Waals surface area contributed by atoms with Crippen LogP contribution in [0.15, 0.2) is 309 Å². The lowest BCUT2D eigenvalue weighted by atomic mass is 9.82. The SMILES string of the molecule is CC1(C)c2ccccc2-c2ccc(N(c3ccc(-c4ccccc4)cc3)c3ccc(-c4cccc5c4c4c(-c6ccc(N(c7ccc(-c8ccccc8)cc7)c7ccc8c(c7)C(C)(C)c7ccccc7-8)cc6)cccc4n5-c4ccccc4)cc3)cc21. The first-order chi connectivity index (χ1) is 42.7. The number of aromatic nitrogens is 1. The van der Waals surface area contributed by atoms with E-state index in [1.54, 1.807) is 0 Å². The van der Waals surface area contributed by atoms with Gasteiger partial charge in [0.25, 0.3) is 0 Å². The van der Waals surface area contributed by atoms with E-state index < -0.39 is 0 Å². The van der Waals surface area contributed by atoms with Gasteiger partial charge in [0, 0.05) is 61.4 Å². The van der Waals surface area contributed by atoms with E-state index in [9.17, 15) is 0 Å². The molecule has 0 radical (unpaired) electrons. The Morgan fingerprint density at radius 2 is 0.529 bits per heavy atom. The maximum absolute atomic E-state index is 2.45. The van der Waals surface area contributed by atoms with Crippen LogP contribution in [0.1, 0.15) is 49.9 Å². The van der Waals surface area contributed by atoms with Gasteiger partial charge in [-0.1, -0.05) is 240 Å². The summed E-state index contributed by atoms with van der Waals surface area (Å²) < 4.78 is 2.45. The summed E-state index contributed by atoms with van der Waals surface area (Å²) in [5.74, 6) is 0. The van der Waals surface area contributed by atoms with E-state index in [0.717, 1.165) is 62.0 Å². The van der Waals surface area contributed by atoms with E-state index in [4.69, 9.17) is 0 Å². The smallest absolute Gasteiger partial charge is 0.0547 e. The molecule has 2 aliphatic carbocycles. The predicted octanol–water partition coefficient (Wildman–Crippen LogP) is 23.0. The Hall–Kier alpha value is -10.7. The molecular weight excluding hydrogens is 1050 g/mol. The minimum absolute atomic E-state index is 0.141. The molecule has 0 spiro atoms. The van der Waals surface area contributed by atoms with Crippen molar-refractivity contribution in [2.75, 3.05) is 9.80 Å². The first kappa shape index (κ1) is 51.9. The van der Waals surface area contributed by atoms with Gasteiger partial charge < -0.3 is 14.4 Å². The molecule has 0 saturated carbocycles. The standard InChI is InChI=1S/C84H63N3/c1-83(2)75-30-16-14-26-71(75)73-52-50-67(54-77(73)83)85(63-42-34-58(35-43-63)56-20-8-5-9-21-56)65-46-38-60(39-47-65)69-28-18-32-79-81(69)82-70(29-19-33-80(82)87(79)62-24-12-7-13-25-62)61-40-48-66(49-41-61)86(64-44-36-59(37-45-64)57-22-10-6-11-23-57)68-51-53-74-72-27-15-17-31-76(72)84(3,4)78(74)55-68/h5-55H,1-4H3. The normalized spacial score (nSPS) is 13.2. The summed E-state index contributed by atoms with van der Waals surface area (Å²) in [7, 11) is 0. The van der Waals surface area contributed by atoms with E-state index in [1.165, 1.54) is 88.7 Å². The van der Waals surface area contributed by atoms with Crippen molar-refractivity contribution in [3.63, 3.8) is 0 Å². The molecule has 0 unspecified atom stereocenters. The Bertz CT molecular complexity index is 4630. The number of anilines is 6. The number of benzene rings is 13. The monoisotopic (exact) mass is 1110 g/mol. The van der Waals surface area contributed by atoms with Crippen LogP contribution in [-0.4, -0.2) is 4.57 Å². The van der Waals surface area contributed by atoms with Gasteiger partial charge in [-0.15, -0.1) is 0 Å². The van der Waals surface area contributed by atoms with Crippen LogP contribution < -0.4 is 9.80 Å². The molecule has 3 nitrogen and oxygen atoms in total. The summed E-state index contributed by atoms with van der Waals surface area (Å²) in [5.41, 5.74) is 30.0. The number of hydrogen-bond acceptors (Lipinski definition) is 2. The van der Waals surface area contributed by atoms with Crippen molar-refractivity contribution in [1.82, 2.24) is 4.57 Å². The van der Waals surface area contributed by atoms with Crippen molar-refractivity contribution < 1.29 is 0 Å².